The average molecular weight is 433 g/mol. The number of hydrogen-bond acceptors (Lipinski definition) is 6. The SMILES string of the molecule is Cc1ccc(-c2noc(CSc3ncc(-c4ccccc4)n3CC3CCCO3)n2)cc1. The lowest BCUT2D eigenvalue weighted by atomic mass is 10.1. The third-order valence-electron chi connectivity index (χ3n) is 5.40. The Labute approximate surface area is 185 Å². The van der Waals surface area contributed by atoms with Gasteiger partial charge in [0.05, 0.1) is 30.3 Å². The molecule has 5 rings (SSSR count). The van der Waals surface area contributed by atoms with Gasteiger partial charge in [-0.15, -0.1) is 0 Å². The molecular formula is C24H24N4O2S. The summed E-state index contributed by atoms with van der Waals surface area (Å²) < 4.78 is 13.6. The van der Waals surface area contributed by atoms with E-state index in [1.807, 2.05) is 36.5 Å². The van der Waals surface area contributed by atoms with Crippen molar-refractivity contribution < 1.29 is 9.26 Å². The van der Waals surface area contributed by atoms with Gasteiger partial charge in [0.15, 0.2) is 5.16 Å². The summed E-state index contributed by atoms with van der Waals surface area (Å²) in [5, 5.41) is 5.07. The maximum Gasteiger partial charge on any atom is 0.237 e. The van der Waals surface area contributed by atoms with E-state index in [9.17, 15) is 0 Å². The zero-order valence-corrected chi connectivity index (χ0v) is 18.2. The van der Waals surface area contributed by atoms with Crippen LogP contribution >= 0.6 is 11.8 Å². The Hall–Kier alpha value is -2.90. The van der Waals surface area contributed by atoms with Gasteiger partial charge in [0.25, 0.3) is 0 Å². The van der Waals surface area contributed by atoms with Crippen molar-refractivity contribution in [1.82, 2.24) is 19.7 Å². The molecule has 1 fully saturated rings. The van der Waals surface area contributed by atoms with E-state index in [4.69, 9.17) is 14.2 Å². The first-order valence-electron chi connectivity index (χ1n) is 10.5. The first kappa shape index (κ1) is 20.0. The van der Waals surface area contributed by atoms with Gasteiger partial charge in [-0.2, -0.15) is 4.98 Å². The summed E-state index contributed by atoms with van der Waals surface area (Å²) >= 11 is 1.61. The van der Waals surface area contributed by atoms with Crippen molar-refractivity contribution in [3.05, 3.63) is 72.2 Å². The van der Waals surface area contributed by atoms with Crippen LogP contribution in [0, 0.1) is 6.92 Å². The summed E-state index contributed by atoms with van der Waals surface area (Å²) in [7, 11) is 0. The molecule has 1 saturated heterocycles. The molecular weight excluding hydrogens is 408 g/mol. The summed E-state index contributed by atoms with van der Waals surface area (Å²) in [4.78, 5) is 9.27. The summed E-state index contributed by atoms with van der Waals surface area (Å²) in [6.07, 6.45) is 4.37. The standard InChI is InChI=1S/C24H24N4O2S/c1-17-9-11-19(12-10-17)23-26-22(30-27-23)16-31-24-25-14-21(18-6-3-2-4-7-18)28(24)15-20-8-5-13-29-20/h2-4,6-7,9-12,14,20H,5,8,13,15-16H2,1H3. The number of benzene rings is 2. The molecule has 1 atom stereocenters. The van der Waals surface area contributed by atoms with Crippen LogP contribution in [-0.2, 0) is 17.0 Å². The first-order chi connectivity index (χ1) is 15.3. The highest BCUT2D eigenvalue weighted by atomic mass is 32.2. The van der Waals surface area contributed by atoms with Crippen molar-refractivity contribution in [1.29, 1.82) is 0 Å². The number of rotatable bonds is 7. The average Bonchev–Trinajstić information content (AvgIpc) is 3.56. The number of aryl methyl sites for hydroxylation is 1. The van der Waals surface area contributed by atoms with Crippen LogP contribution < -0.4 is 0 Å². The number of nitrogens with zero attached hydrogens (tertiary/aromatic N) is 4. The van der Waals surface area contributed by atoms with E-state index in [-0.39, 0.29) is 6.10 Å². The van der Waals surface area contributed by atoms with Gasteiger partial charge in [-0.25, -0.2) is 4.98 Å². The van der Waals surface area contributed by atoms with Crippen LogP contribution in [0.25, 0.3) is 22.6 Å². The minimum absolute atomic E-state index is 0.229. The number of hydrogen-bond donors (Lipinski definition) is 0. The molecule has 31 heavy (non-hydrogen) atoms. The van der Waals surface area contributed by atoms with Crippen LogP contribution in [0.4, 0.5) is 0 Å². The highest BCUT2D eigenvalue weighted by Gasteiger charge is 2.21. The molecule has 158 valence electrons. The van der Waals surface area contributed by atoms with Crippen molar-refractivity contribution in [2.24, 2.45) is 0 Å². The second-order valence-electron chi connectivity index (χ2n) is 7.70. The number of aromatic nitrogens is 4. The molecule has 4 aromatic rings. The van der Waals surface area contributed by atoms with Gasteiger partial charge in [0, 0.05) is 12.2 Å². The maximum absolute atomic E-state index is 5.90. The van der Waals surface area contributed by atoms with Gasteiger partial charge in [-0.3, -0.25) is 0 Å². The van der Waals surface area contributed by atoms with Crippen molar-refractivity contribution in [3.63, 3.8) is 0 Å². The summed E-state index contributed by atoms with van der Waals surface area (Å²) in [6.45, 7) is 3.70. The normalized spacial score (nSPS) is 16.1. The van der Waals surface area contributed by atoms with E-state index in [1.54, 1.807) is 11.8 Å². The summed E-state index contributed by atoms with van der Waals surface area (Å²) in [6, 6.07) is 18.5. The molecule has 0 N–H and O–H groups in total. The Morgan fingerprint density at radius 2 is 1.90 bits per heavy atom. The van der Waals surface area contributed by atoms with E-state index in [2.05, 4.69) is 45.9 Å². The summed E-state index contributed by atoms with van der Waals surface area (Å²) in [5.41, 5.74) is 4.41. The zero-order valence-electron chi connectivity index (χ0n) is 17.4. The number of ether oxygens (including phenoxy) is 1. The van der Waals surface area contributed by atoms with Gasteiger partial charge in [-0.05, 0) is 25.3 Å². The Morgan fingerprint density at radius 3 is 2.68 bits per heavy atom. The second kappa shape index (κ2) is 9.08. The molecule has 0 amide bonds. The molecule has 6 nitrogen and oxygen atoms in total. The third-order valence-corrected chi connectivity index (χ3v) is 6.38. The van der Waals surface area contributed by atoms with Crippen LogP contribution in [0.1, 0.15) is 24.3 Å². The smallest absolute Gasteiger partial charge is 0.237 e. The number of thioether (sulfide) groups is 1. The topological polar surface area (TPSA) is 66.0 Å². The minimum atomic E-state index is 0.229. The quantitative estimate of drug-likeness (QED) is 0.365. The lowest BCUT2D eigenvalue weighted by molar-refractivity contribution is 0.0954. The van der Waals surface area contributed by atoms with Gasteiger partial charge in [0.1, 0.15) is 0 Å². The zero-order chi connectivity index (χ0) is 21.0. The second-order valence-corrected chi connectivity index (χ2v) is 8.65. The third kappa shape index (κ3) is 4.57. The fourth-order valence-corrected chi connectivity index (χ4v) is 4.57. The van der Waals surface area contributed by atoms with E-state index in [0.717, 1.165) is 48.0 Å². The molecule has 0 radical (unpaired) electrons. The van der Waals surface area contributed by atoms with E-state index >= 15 is 0 Å². The Morgan fingerprint density at radius 1 is 1.06 bits per heavy atom. The lowest BCUT2D eigenvalue weighted by Gasteiger charge is -2.15. The Bertz CT molecular complexity index is 1130. The van der Waals surface area contributed by atoms with Crippen LogP contribution in [0.3, 0.4) is 0 Å². The van der Waals surface area contributed by atoms with E-state index in [0.29, 0.717) is 17.5 Å². The van der Waals surface area contributed by atoms with E-state index in [1.165, 1.54) is 5.56 Å². The fraction of sp³-hybridized carbons (Fsp3) is 0.292. The molecule has 0 aliphatic carbocycles. The molecule has 1 aliphatic heterocycles. The van der Waals surface area contributed by atoms with Gasteiger partial charge < -0.3 is 13.8 Å². The molecule has 0 bridgehead atoms. The monoisotopic (exact) mass is 432 g/mol. The Kier molecular flexibility index (Phi) is 5.86. The highest BCUT2D eigenvalue weighted by molar-refractivity contribution is 7.98. The molecule has 2 aromatic heterocycles. The fourth-order valence-electron chi connectivity index (χ4n) is 3.74. The summed E-state index contributed by atoms with van der Waals surface area (Å²) in [5.74, 6) is 1.77. The van der Waals surface area contributed by atoms with Crippen LogP contribution in [-0.4, -0.2) is 32.4 Å². The molecule has 3 heterocycles. The largest absolute Gasteiger partial charge is 0.376 e. The predicted molar refractivity (Wildman–Crippen MR) is 121 cm³/mol. The van der Waals surface area contributed by atoms with Gasteiger partial charge >= 0.3 is 0 Å². The maximum atomic E-state index is 5.90. The molecule has 1 unspecified atom stereocenters. The lowest BCUT2D eigenvalue weighted by Crippen LogP contribution is -2.16. The van der Waals surface area contributed by atoms with Gasteiger partial charge in [0.2, 0.25) is 11.7 Å². The van der Waals surface area contributed by atoms with E-state index < -0.39 is 0 Å². The van der Waals surface area contributed by atoms with Crippen LogP contribution in [0.5, 0.6) is 0 Å². The molecule has 0 saturated carbocycles. The van der Waals surface area contributed by atoms with Gasteiger partial charge in [-0.1, -0.05) is 77.1 Å². The Balaban J connectivity index is 1.35. The van der Waals surface area contributed by atoms with Crippen molar-refractivity contribution >= 4 is 11.8 Å². The van der Waals surface area contributed by atoms with Crippen molar-refractivity contribution in [3.8, 4) is 22.6 Å². The molecule has 1 aliphatic rings. The molecule has 2 aromatic carbocycles. The van der Waals surface area contributed by atoms with Crippen LogP contribution in [0.2, 0.25) is 0 Å². The first-order valence-corrected chi connectivity index (χ1v) is 11.5. The molecule has 7 heteroatoms. The minimum Gasteiger partial charge on any atom is -0.376 e. The van der Waals surface area contributed by atoms with Crippen LogP contribution in [0.15, 0.2) is 70.5 Å². The predicted octanol–water partition coefficient (Wildman–Crippen LogP) is 5.38. The van der Waals surface area contributed by atoms with Crippen molar-refractivity contribution in [2.75, 3.05) is 6.61 Å². The van der Waals surface area contributed by atoms with Crippen molar-refractivity contribution in [2.45, 2.75) is 43.3 Å². The molecule has 0 spiro atoms. The highest BCUT2D eigenvalue weighted by Crippen LogP contribution is 2.30. The number of imidazole rings is 1.